The van der Waals surface area contributed by atoms with Crippen molar-refractivity contribution in [3.8, 4) is 0 Å². The number of rotatable bonds is 2. The van der Waals surface area contributed by atoms with Crippen LogP contribution in [0, 0.1) is 6.92 Å². The van der Waals surface area contributed by atoms with E-state index in [1.54, 1.807) is 0 Å². The quantitative estimate of drug-likeness (QED) is 0.831. The molecule has 1 aliphatic rings. The smallest absolute Gasteiger partial charge is 0.00758 e. The Kier molecular flexibility index (Phi) is 2.44. The molecule has 0 aliphatic heterocycles. The Morgan fingerprint density at radius 2 is 2.00 bits per heavy atom. The van der Waals surface area contributed by atoms with Crippen LogP contribution in [0.4, 0.5) is 0 Å². The van der Waals surface area contributed by atoms with Gasteiger partial charge in [-0.25, -0.2) is 0 Å². The molecule has 0 spiro atoms. The number of benzene rings is 2. The third-order valence-electron chi connectivity index (χ3n) is 4.41. The number of hydrogen-bond donors (Lipinski definition) is 1. The van der Waals surface area contributed by atoms with Crippen molar-refractivity contribution in [3.63, 3.8) is 0 Å². The van der Waals surface area contributed by atoms with Crippen LogP contribution in [0.1, 0.15) is 30.4 Å². The highest BCUT2D eigenvalue weighted by atomic mass is 14.6. The van der Waals surface area contributed by atoms with Gasteiger partial charge in [0.05, 0.1) is 0 Å². The molecule has 0 amide bonds. The van der Waals surface area contributed by atoms with Gasteiger partial charge in [0.25, 0.3) is 0 Å². The summed E-state index contributed by atoms with van der Waals surface area (Å²) in [5.74, 6) is 0. The van der Waals surface area contributed by atoms with Crippen LogP contribution in [0.25, 0.3) is 10.8 Å². The largest absolute Gasteiger partial charge is 0.330 e. The van der Waals surface area contributed by atoms with Crippen LogP contribution in [0.15, 0.2) is 36.4 Å². The van der Waals surface area contributed by atoms with Gasteiger partial charge in [0, 0.05) is 12.0 Å². The summed E-state index contributed by atoms with van der Waals surface area (Å²) in [6.07, 6.45) is 3.82. The monoisotopic (exact) mass is 225 g/mol. The fourth-order valence-corrected chi connectivity index (χ4v) is 2.97. The summed E-state index contributed by atoms with van der Waals surface area (Å²) in [6, 6.07) is 13.4. The third-order valence-corrected chi connectivity index (χ3v) is 4.41. The average molecular weight is 225 g/mol. The van der Waals surface area contributed by atoms with E-state index in [2.05, 4.69) is 43.3 Å². The Labute approximate surface area is 103 Å². The normalized spacial score (nSPS) is 18.0. The molecule has 2 N–H and O–H groups in total. The van der Waals surface area contributed by atoms with Crippen molar-refractivity contribution in [2.45, 2.75) is 31.6 Å². The molecule has 0 unspecified atom stereocenters. The van der Waals surface area contributed by atoms with Crippen molar-refractivity contribution >= 4 is 10.8 Å². The molecule has 1 saturated carbocycles. The van der Waals surface area contributed by atoms with E-state index in [-0.39, 0.29) is 5.41 Å². The summed E-state index contributed by atoms with van der Waals surface area (Å²) in [5.41, 5.74) is 9.05. The van der Waals surface area contributed by atoms with E-state index >= 15 is 0 Å². The van der Waals surface area contributed by atoms with Crippen LogP contribution in [0.3, 0.4) is 0 Å². The van der Waals surface area contributed by atoms with Gasteiger partial charge in [0.2, 0.25) is 0 Å². The number of aryl methyl sites for hydroxylation is 1. The molecule has 0 heterocycles. The van der Waals surface area contributed by atoms with Crippen molar-refractivity contribution < 1.29 is 0 Å². The highest BCUT2D eigenvalue weighted by Crippen LogP contribution is 2.43. The van der Waals surface area contributed by atoms with Crippen molar-refractivity contribution in [3.05, 3.63) is 47.5 Å². The molecule has 0 aromatic heterocycles. The van der Waals surface area contributed by atoms with Crippen molar-refractivity contribution in [1.29, 1.82) is 0 Å². The first-order valence-corrected chi connectivity index (χ1v) is 6.45. The summed E-state index contributed by atoms with van der Waals surface area (Å²) in [6.45, 7) is 2.96. The van der Waals surface area contributed by atoms with E-state index < -0.39 is 0 Å². The summed E-state index contributed by atoms with van der Waals surface area (Å²) >= 11 is 0. The Hall–Kier alpha value is -1.34. The van der Waals surface area contributed by atoms with Crippen molar-refractivity contribution in [1.82, 2.24) is 0 Å². The number of nitrogens with two attached hydrogens (primary N) is 1. The molecule has 2 aromatic rings. The molecule has 2 aromatic carbocycles. The van der Waals surface area contributed by atoms with Gasteiger partial charge in [-0.05, 0) is 41.7 Å². The Morgan fingerprint density at radius 3 is 2.65 bits per heavy atom. The molecule has 1 aliphatic carbocycles. The lowest BCUT2D eigenvalue weighted by Gasteiger charge is -2.41. The zero-order valence-electron chi connectivity index (χ0n) is 10.4. The zero-order valence-corrected chi connectivity index (χ0v) is 10.4. The maximum Gasteiger partial charge on any atom is 0.00758 e. The molecule has 88 valence electrons. The number of fused-ring (bicyclic) bond motifs is 1. The fraction of sp³-hybridized carbons (Fsp3) is 0.375. The summed E-state index contributed by atoms with van der Waals surface area (Å²) < 4.78 is 0. The lowest BCUT2D eigenvalue weighted by atomic mass is 9.64. The van der Waals surface area contributed by atoms with Gasteiger partial charge in [-0.1, -0.05) is 42.8 Å². The first-order valence-electron chi connectivity index (χ1n) is 6.45. The van der Waals surface area contributed by atoms with E-state index in [1.807, 2.05) is 0 Å². The molecule has 1 fully saturated rings. The van der Waals surface area contributed by atoms with Crippen LogP contribution >= 0.6 is 0 Å². The first-order chi connectivity index (χ1) is 8.25. The molecular formula is C16H19N. The van der Waals surface area contributed by atoms with Gasteiger partial charge in [0.15, 0.2) is 0 Å². The predicted octanol–water partition coefficient (Wildman–Crippen LogP) is 3.53. The molecule has 1 nitrogen and oxygen atoms in total. The lowest BCUT2D eigenvalue weighted by Crippen LogP contribution is -2.41. The molecule has 0 saturated heterocycles. The van der Waals surface area contributed by atoms with Crippen LogP contribution < -0.4 is 5.73 Å². The first kappa shape index (κ1) is 10.8. The zero-order chi connectivity index (χ0) is 11.9. The van der Waals surface area contributed by atoms with Crippen LogP contribution in [-0.4, -0.2) is 6.54 Å². The van der Waals surface area contributed by atoms with Gasteiger partial charge in [-0.2, -0.15) is 0 Å². The summed E-state index contributed by atoms with van der Waals surface area (Å²) in [5, 5.41) is 2.71. The van der Waals surface area contributed by atoms with Crippen LogP contribution in [-0.2, 0) is 5.41 Å². The summed E-state index contributed by atoms with van der Waals surface area (Å²) in [4.78, 5) is 0. The Morgan fingerprint density at radius 1 is 1.18 bits per heavy atom. The van der Waals surface area contributed by atoms with Gasteiger partial charge in [-0.3, -0.25) is 0 Å². The second-order valence-electron chi connectivity index (χ2n) is 5.35. The standard InChI is InChI=1S/C16H19N/c1-12-4-2-5-13-6-7-14(10-15(12)13)16(11-17)8-3-9-16/h2,4-7,10H,3,8-9,11,17H2,1H3. The lowest BCUT2D eigenvalue weighted by molar-refractivity contribution is 0.253. The summed E-state index contributed by atoms with van der Waals surface area (Å²) in [7, 11) is 0. The van der Waals surface area contributed by atoms with Gasteiger partial charge in [-0.15, -0.1) is 0 Å². The van der Waals surface area contributed by atoms with Crippen molar-refractivity contribution in [2.24, 2.45) is 5.73 Å². The SMILES string of the molecule is Cc1cccc2ccc(C3(CN)CCC3)cc12. The minimum absolute atomic E-state index is 0.274. The van der Waals surface area contributed by atoms with E-state index in [9.17, 15) is 0 Å². The number of hydrogen-bond acceptors (Lipinski definition) is 1. The van der Waals surface area contributed by atoms with Gasteiger partial charge >= 0.3 is 0 Å². The minimum atomic E-state index is 0.274. The van der Waals surface area contributed by atoms with E-state index in [0.717, 1.165) is 6.54 Å². The third kappa shape index (κ3) is 1.57. The second-order valence-corrected chi connectivity index (χ2v) is 5.35. The van der Waals surface area contributed by atoms with Gasteiger partial charge in [0.1, 0.15) is 0 Å². The Bertz CT molecular complexity index is 547. The average Bonchev–Trinajstić information content (AvgIpc) is 2.29. The molecule has 1 heteroatoms. The fourth-order valence-electron chi connectivity index (χ4n) is 2.97. The molecule has 17 heavy (non-hydrogen) atoms. The topological polar surface area (TPSA) is 26.0 Å². The van der Waals surface area contributed by atoms with Crippen LogP contribution in [0.5, 0.6) is 0 Å². The molecule has 0 bridgehead atoms. The van der Waals surface area contributed by atoms with E-state index in [4.69, 9.17) is 5.73 Å². The van der Waals surface area contributed by atoms with Gasteiger partial charge < -0.3 is 5.73 Å². The maximum atomic E-state index is 5.98. The maximum absolute atomic E-state index is 5.98. The molecule has 0 atom stereocenters. The highest BCUT2D eigenvalue weighted by molar-refractivity contribution is 5.86. The molecule has 3 rings (SSSR count). The van der Waals surface area contributed by atoms with Crippen LogP contribution in [0.2, 0.25) is 0 Å². The van der Waals surface area contributed by atoms with E-state index in [0.29, 0.717) is 0 Å². The van der Waals surface area contributed by atoms with E-state index in [1.165, 1.54) is 41.2 Å². The molecule has 0 radical (unpaired) electrons. The minimum Gasteiger partial charge on any atom is -0.330 e. The predicted molar refractivity (Wildman–Crippen MR) is 73.3 cm³/mol. The Balaban J connectivity index is 2.16. The molecular weight excluding hydrogens is 206 g/mol. The second kappa shape index (κ2) is 3.85. The van der Waals surface area contributed by atoms with Crippen molar-refractivity contribution in [2.75, 3.05) is 6.54 Å². The highest BCUT2D eigenvalue weighted by Gasteiger charge is 2.37.